The molecule has 5 aliphatic carbocycles. The molecule has 4 fully saturated rings. The predicted octanol–water partition coefficient (Wildman–Crippen LogP) is 3.64. The number of hydrogen-bond acceptors (Lipinski definition) is 1. The second-order valence-electron chi connectivity index (χ2n) is 9.00. The van der Waals surface area contributed by atoms with Gasteiger partial charge in [-0.2, -0.15) is 4.57 Å². The first-order chi connectivity index (χ1) is 11.2. The van der Waals surface area contributed by atoms with Crippen molar-refractivity contribution in [2.24, 2.45) is 23.2 Å². The van der Waals surface area contributed by atoms with E-state index in [4.69, 9.17) is 0 Å². The second-order valence-corrected chi connectivity index (χ2v) is 9.00. The van der Waals surface area contributed by atoms with E-state index in [0.29, 0.717) is 12.3 Å². The van der Waals surface area contributed by atoms with Crippen LogP contribution in [0.5, 0.6) is 0 Å². The van der Waals surface area contributed by atoms with E-state index in [-0.39, 0.29) is 5.41 Å². The lowest BCUT2D eigenvalue weighted by molar-refractivity contribution is -0.685. The monoisotopic (exact) mass is 310 g/mol. The van der Waals surface area contributed by atoms with Crippen molar-refractivity contribution >= 4 is 5.78 Å². The quantitative estimate of drug-likeness (QED) is 0.781. The van der Waals surface area contributed by atoms with E-state index >= 15 is 0 Å². The lowest BCUT2D eigenvalue weighted by atomic mass is 9.48. The molecule has 2 nitrogen and oxygen atoms in total. The number of ketones is 1. The topological polar surface area (TPSA) is 20.9 Å². The first-order valence-electron chi connectivity index (χ1n) is 9.74. The Balaban J connectivity index is 1.37. The molecule has 0 unspecified atom stereocenters. The van der Waals surface area contributed by atoms with Gasteiger partial charge in [-0.3, -0.25) is 4.79 Å². The number of nitrogens with zero attached hydrogens (tertiary/aromatic N) is 1. The summed E-state index contributed by atoms with van der Waals surface area (Å²) in [4.78, 5) is 13.2. The number of aromatic nitrogens is 1. The van der Waals surface area contributed by atoms with Gasteiger partial charge in [0.05, 0.1) is 0 Å². The van der Waals surface area contributed by atoms with E-state index in [9.17, 15) is 4.79 Å². The molecule has 0 spiro atoms. The van der Waals surface area contributed by atoms with Gasteiger partial charge in [0, 0.05) is 17.0 Å². The average molecular weight is 310 g/mol. The van der Waals surface area contributed by atoms with Crippen LogP contribution in [0.2, 0.25) is 0 Å². The van der Waals surface area contributed by atoms with Crippen molar-refractivity contribution in [3.8, 4) is 0 Å². The molecule has 6 rings (SSSR count). The van der Waals surface area contributed by atoms with E-state index in [1.165, 1.54) is 75.3 Å². The second kappa shape index (κ2) is 5.16. The molecule has 0 atom stereocenters. The highest BCUT2D eigenvalue weighted by atomic mass is 16.1. The standard InChI is InChI=1S/C21H28NO/c23-20(14-22-6-5-18-3-1-2-4-19(18)13-22)21-10-15-7-16(11-21)9-17(8-15)12-21/h5-6,13,15-17H,1-4,7-12,14H2/q+1. The Hall–Kier alpha value is -1.18. The van der Waals surface area contributed by atoms with Crippen molar-refractivity contribution in [1.29, 1.82) is 0 Å². The fourth-order valence-electron chi connectivity index (χ4n) is 6.60. The number of Topliss-reactive ketones (excluding diaryl/α,β-unsaturated/α-hetero) is 1. The van der Waals surface area contributed by atoms with Crippen molar-refractivity contribution in [2.75, 3.05) is 0 Å². The van der Waals surface area contributed by atoms with Crippen LogP contribution in [0.1, 0.15) is 62.5 Å². The molecule has 1 aromatic heterocycles. The van der Waals surface area contributed by atoms with Crippen molar-refractivity contribution in [3.63, 3.8) is 0 Å². The van der Waals surface area contributed by atoms with Gasteiger partial charge in [-0.05, 0) is 87.5 Å². The lowest BCUT2D eigenvalue weighted by Gasteiger charge is -2.55. The fraction of sp³-hybridized carbons (Fsp3) is 0.714. The number of pyridine rings is 1. The molecule has 1 heterocycles. The summed E-state index contributed by atoms with van der Waals surface area (Å²) in [6.45, 7) is 0.611. The summed E-state index contributed by atoms with van der Waals surface area (Å²) >= 11 is 0. The smallest absolute Gasteiger partial charge is 0.207 e. The number of aryl methyl sites for hydroxylation is 2. The van der Waals surface area contributed by atoms with Gasteiger partial charge < -0.3 is 0 Å². The highest BCUT2D eigenvalue weighted by Gasteiger charge is 2.54. The number of fused-ring (bicyclic) bond motifs is 1. The molecule has 0 saturated heterocycles. The van der Waals surface area contributed by atoms with Crippen LogP contribution in [0, 0.1) is 23.2 Å². The number of carbonyl (C=O) groups excluding carboxylic acids is 1. The maximum atomic E-state index is 13.2. The Morgan fingerprint density at radius 1 is 1.00 bits per heavy atom. The first-order valence-corrected chi connectivity index (χ1v) is 9.74. The summed E-state index contributed by atoms with van der Waals surface area (Å²) < 4.78 is 2.19. The van der Waals surface area contributed by atoms with Crippen LogP contribution in [-0.4, -0.2) is 5.78 Å². The SMILES string of the molecule is O=C(C[n+]1ccc2c(c1)CCCC2)C12CC3CC(CC(C3)C1)C2. The fourth-order valence-corrected chi connectivity index (χ4v) is 6.60. The molecule has 0 amide bonds. The molecular formula is C21H28NO+. The maximum Gasteiger partial charge on any atom is 0.207 e. The molecule has 5 aliphatic rings. The van der Waals surface area contributed by atoms with Crippen LogP contribution in [0.4, 0.5) is 0 Å². The third-order valence-corrected chi connectivity index (χ3v) is 7.30. The minimum atomic E-state index is 0.0532. The normalized spacial score (nSPS) is 37.7. The van der Waals surface area contributed by atoms with E-state index in [1.807, 2.05) is 0 Å². The third-order valence-electron chi connectivity index (χ3n) is 7.30. The van der Waals surface area contributed by atoms with Crippen molar-refractivity contribution in [1.82, 2.24) is 0 Å². The van der Waals surface area contributed by atoms with Crippen molar-refractivity contribution < 1.29 is 9.36 Å². The Labute approximate surface area is 139 Å². The van der Waals surface area contributed by atoms with Crippen LogP contribution in [0.3, 0.4) is 0 Å². The zero-order valence-corrected chi connectivity index (χ0v) is 14.1. The van der Waals surface area contributed by atoms with Crippen molar-refractivity contribution in [2.45, 2.75) is 70.8 Å². The minimum Gasteiger partial charge on any atom is -0.292 e. The minimum absolute atomic E-state index is 0.0532. The molecule has 2 heteroatoms. The van der Waals surface area contributed by atoms with Crippen molar-refractivity contribution in [3.05, 3.63) is 29.6 Å². The van der Waals surface area contributed by atoms with Crippen LogP contribution < -0.4 is 4.57 Å². The van der Waals surface area contributed by atoms with Gasteiger partial charge in [0.25, 0.3) is 0 Å². The van der Waals surface area contributed by atoms with Gasteiger partial charge in [0.15, 0.2) is 12.4 Å². The van der Waals surface area contributed by atoms with Gasteiger partial charge in [-0.15, -0.1) is 0 Å². The molecule has 0 aliphatic heterocycles. The largest absolute Gasteiger partial charge is 0.292 e. The highest BCUT2D eigenvalue weighted by molar-refractivity contribution is 5.84. The Morgan fingerprint density at radius 2 is 1.61 bits per heavy atom. The molecule has 4 saturated carbocycles. The number of rotatable bonds is 3. The molecular weight excluding hydrogens is 282 g/mol. The van der Waals surface area contributed by atoms with Gasteiger partial charge >= 0.3 is 0 Å². The summed E-state index contributed by atoms with van der Waals surface area (Å²) in [7, 11) is 0. The first kappa shape index (κ1) is 14.2. The summed E-state index contributed by atoms with van der Waals surface area (Å²) in [5, 5.41) is 0. The summed E-state index contributed by atoms with van der Waals surface area (Å²) in [5.74, 6) is 3.12. The summed E-state index contributed by atoms with van der Waals surface area (Å²) in [6.07, 6.45) is 17.3. The number of hydrogen-bond donors (Lipinski definition) is 0. The zero-order chi connectivity index (χ0) is 15.4. The maximum absolute atomic E-state index is 13.2. The molecule has 23 heavy (non-hydrogen) atoms. The molecule has 4 bridgehead atoms. The van der Waals surface area contributed by atoms with E-state index in [2.05, 4.69) is 23.0 Å². The van der Waals surface area contributed by atoms with Gasteiger partial charge in [-0.1, -0.05) is 0 Å². The number of carbonyl (C=O) groups is 1. The highest BCUT2D eigenvalue weighted by Crippen LogP contribution is 2.60. The Bertz CT molecular complexity index is 612. The predicted molar refractivity (Wildman–Crippen MR) is 88.9 cm³/mol. The molecule has 1 aromatic rings. The summed E-state index contributed by atoms with van der Waals surface area (Å²) in [5.41, 5.74) is 3.05. The molecule has 122 valence electrons. The van der Waals surface area contributed by atoms with Crippen LogP contribution in [0.15, 0.2) is 18.5 Å². The van der Waals surface area contributed by atoms with Crippen LogP contribution in [0.25, 0.3) is 0 Å². The zero-order valence-electron chi connectivity index (χ0n) is 14.1. The average Bonchev–Trinajstić information content (AvgIpc) is 2.53. The van der Waals surface area contributed by atoms with Gasteiger partial charge in [0.2, 0.25) is 12.3 Å². The summed E-state index contributed by atoms with van der Waals surface area (Å²) in [6, 6.07) is 2.27. The molecule has 0 aromatic carbocycles. The Morgan fingerprint density at radius 3 is 2.26 bits per heavy atom. The van der Waals surface area contributed by atoms with Crippen LogP contribution >= 0.6 is 0 Å². The van der Waals surface area contributed by atoms with Gasteiger partial charge in [0.1, 0.15) is 0 Å². The van der Waals surface area contributed by atoms with E-state index in [1.54, 1.807) is 0 Å². The van der Waals surface area contributed by atoms with Gasteiger partial charge in [-0.25, -0.2) is 0 Å². The lowest BCUT2D eigenvalue weighted by Crippen LogP contribution is -2.53. The Kier molecular flexibility index (Phi) is 3.18. The third kappa shape index (κ3) is 2.37. The van der Waals surface area contributed by atoms with E-state index < -0.39 is 0 Å². The van der Waals surface area contributed by atoms with Crippen LogP contribution in [-0.2, 0) is 24.2 Å². The van der Waals surface area contributed by atoms with E-state index in [0.717, 1.165) is 17.8 Å². The molecule has 0 N–H and O–H groups in total. The molecule has 0 radical (unpaired) electrons.